The summed E-state index contributed by atoms with van der Waals surface area (Å²) in [4.78, 5) is 10.2. The van der Waals surface area contributed by atoms with Crippen LogP contribution < -0.4 is 5.73 Å². The highest BCUT2D eigenvalue weighted by molar-refractivity contribution is 9.10. The van der Waals surface area contributed by atoms with Crippen molar-refractivity contribution in [2.24, 2.45) is 5.73 Å². The van der Waals surface area contributed by atoms with Crippen molar-refractivity contribution < 1.29 is 9.31 Å². The van der Waals surface area contributed by atoms with E-state index in [0.717, 1.165) is 5.56 Å². The third-order valence-electron chi connectivity index (χ3n) is 3.10. The topological polar surface area (TPSA) is 69.2 Å². The molecule has 1 unspecified atom stereocenters. The lowest BCUT2D eigenvalue weighted by Crippen LogP contribution is -2.15. The molecule has 0 aliphatic carbocycles. The van der Waals surface area contributed by atoms with Crippen molar-refractivity contribution in [3.63, 3.8) is 0 Å². The van der Waals surface area contributed by atoms with E-state index in [0.29, 0.717) is 5.56 Å². The second-order valence-electron chi connectivity index (χ2n) is 4.26. The van der Waals surface area contributed by atoms with Gasteiger partial charge in [-0.15, -0.1) is 0 Å². The first-order valence-corrected chi connectivity index (χ1v) is 6.72. The number of nitro groups is 1. The van der Waals surface area contributed by atoms with Crippen LogP contribution in [0.3, 0.4) is 0 Å². The Labute approximate surface area is 123 Å². The van der Waals surface area contributed by atoms with Gasteiger partial charge < -0.3 is 5.73 Å². The average Bonchev–Trinajstić information content (AvgIpc) is 2.45. The van der Waals surface area contributed by atoms with Gasteiger partial charge in [-0.3, -0.25) is 10.1 Å². The third kappa shape index (κ3) is 2.71. The molecule has 104 valence electrons. The molecule has 2 N–H and O–H groups in total. The van der Waals surface area contributed by atoms with E-state index in [1.165, 1.54) is 12.1 Å². The molecule has 4 nitrogen and oxygen atoms in total. The summed E-state index contributed by atoms with van der Waals surface area (Å²) in [6.45, 7) is 0.213. The molecule has 2 aromatic carbocycles. The Morgan fingerprint density at radius 3 is 2.45 bits per heavy atom. The van der Waals surface area contributed by atoms with Gasteiger partial charge in [-0.05, 0) is 33.1 Å². The lowest BCUT2D eigenvalue weighted by atomic mass is 9.91. The number of nitrogens with zero attached hydrogens (tertiary/aromatic N) is 1. The Balaban J connectivity index is 2.52. The molecule has 6 heteroatoms. The Morgan fingerprint density at radius 1 is 1.25 bits per heavy atom. The minimum absolute atomic E-state index is 0.144. The molecular formula is C14H12BrFN2O2. The van der Waals surface area contributed by atoms with Crippen molar-refractivity contribution in [1.29, 1.82) is 0 Å². The zero-order chi connectivity index (χ0) is 14.7. The van der Waals surface area contributed by atoms with E-state index in [-0.39, 0.29) is 22.6 Å². The molecule has 0 saturated carbocycles. The molecule has 0 radical (unpaired) electrons. The van der Waals surface area contributed by atoms with Gasteiger partial charge in [0.25, 0.3) is 5.69 Å². The van der Waals surface area contributed by atoms with Crippen molar-refractivity contribution in [3.8, 4) is 0 Å². The van der Waals surface area contributed by atoms with Crippen LogP contribution in [-0.2, 0) is 0 Å². The van der Waals surface area contributed by atoms with Crippen molar-refractivity contribution in [3.05, 3.63) is 74.0 Å². The van der Waals surface area contributed by atoms with Gasteiger partial charge in [0.05, 0.1) is 4.92 Å². The number of hydrogen-bond acceptors (Lipinski definition) is 3. The first kappa shape index (κ1) is 14.6. The van der Waals surface area contributed by atoms with E-state index in [4.69, 9.17) is 5.73 Å². The second-order valence-corrected chi connectivity index (χ2v) is 5.05. The molecule has 20 heavy (non-hydrogen) atoms. The van der Waals surface area contributed by atoms with E-state index in [1.807, 2.05) is 30.3 Å². The highest BCUT2D eigenvalue weighted by Crippen LogP contribution is 2.34. The largest absolute Gasteiger partial charge is 0.330 e. The van der Waals surface area contributed by atoms with Gasteiger partial charge in [0, 0.05) is 18.5 Å². The van der Waals surface area contributed by atoms with Gasteiger partial charge in [0.1, 0.15) is 10.3 Å². The molecule has 0 amide bonds. The fraction of sp³-hybridized carbons (Fsp3) is 0.143. The minimum atomic E-state index is -0.640. The fourth-order valence-corrected chi connectivity index (χ4v) is 2.60. The Bertz CT molecular complexity index is 635. The van der Waals surface area contributed by atoms with Crippen LogP contribution >= 0.6 is 15.9 Å². The van der Waals surface area contributed by atoms with Crippen LogP contribution in [0.5, 0.6) is 0 Å². The molecule has 2 rings (SSSR count). The summed E-state index contributed by atoms with van der Waals surface area (Å²) in [6, 6.07) is 12.0. The maximum Gasteiger partial charge on any atom is 0.286 e. The monoisotopic (exact) mass is 338 g/mol. The number of nitrogens with two attached hydrogens (primary N) is 1. The minimum Gasteiger partial charge on any atom is -0.330 e. The van der Waals surface area contributed by atoms with Crippen molar-refractivity contribution in [2.75, 3.05) is 6.54 Å². The number of hydrogen-bond donors (Lipinski definition) is 1. The standard InChI is InChI=1S/C14H12BrFN2O2/c15-13-12(18(19)20)7-6-10(14(13)16)11(8-17)9-4-2-1-3-5-9/h1-7,11H,8,17H2. The SMILES string of the molecule is NCC(c1ccccc1)c1ccc([N+](=O)[O-])c(Br)c1F. The Morgan fingerprint density at radius 2 is 1.90 bits per heavy atom. The van der Waals surface area contributed by atoms with E-state index < -0.39 is 10.7 Å². The summed E-state index contributed by atoms with van der Waals surface area (Å²) in [5, 5.41) is 10.8. The van der Waals surface area contributed by atoms with Crippen LogP contribution in [-0.4, -0.2) is 11.5 Å². The van der Waals surface area contributed by atoms with Crippen LogP contribution in [0.15, 0.2) is 46.9 Å². The van der Waals surface area contributed by atoms with E-state index >= 15 is 0 Å². The van der Waals surface area contributed by atoms with E-state index in [9.17, 15) is 14.5 Å². The predicted octanol–water partition coefficient (Wildman–Crippen LogP) is 3.59. The molecule has 0 bridgehead atoms. The zero-order valence-corrected chi connectivity index (χ0v) is 12.0. The summed E-state index contributed by atoms with van der Waals surface area (Å²) >= 11 is 2.94. The van der Waals surface area contributed by atoms with Crippen LogP contribution in [0.2, 0.25) is 0 Å². The molecule has 1 atom stereocenters. The number of rotatable bonds is 4. The normalized spacial score (nSPS) is 12.2. The molecule has 0 saturated heterocycles. The average molecular weight is 339 g/mol. The maximum absolute atomic E-state index is 14.3. The van der Waals surface area contributed by atoms with Crippen molar-refractivity contribution >= 4 is 21.6 Å². The molecule has 0 fully saturated rings. The third-order valence-corrected chi connectivity index (χ3v) is 3.86. The van der Waals surface area contributed by atoms with Crippen LogP contribution in [0.1, 0.15) is 17.0 Å². The summed E-state index contributed by atoms with van der Waals surface area (Å²) in [7, 11) is 0. The molecule has 0 aromatic heterocycles. The first-order valence-electron chi connectivity index (χ1n) is 5.93. The van der Waals surface area contributed by atoms with Gasteiger partial charge >= 0.3 is 0 Å². The first-order chi connectivity index (χ1) is 9.56. The second kappa shape index (κ2) is 6.11. The van der Waals surface area contributed by atoms with Gasteiger partial charge in [0.2, 0.25) is 0 Å². The summed E-state index contributed by atoms with van der Waals surface area (Å²) < 4.78 is 14.2. The van der Waals surface area contributed by atoms with E-state index in [1.54, 1.807) is 0 Å². The number of benzene rings is 2. The number of halogens is 2. The van der Waals surface area contributed by atoms with Crippen molar-refractivity contribution in [2.45, 2.75) is 5.92 Å². The molecule has 0 aliphatic rings. The van der Waals surface area contributed by atoms with Crippen LogP contribution in [0, 0.1) is 15.9 Å². The smallest absolute Gasteiger partial charge is 0.286 e. The molecule has 2 aromatic rings. The maximum atomic E-state index is 14.3. The summed E-state index contributed by atoms with van der Waals surface area (Å²) in [5.41, 5.74) is 6.66. The lowest BCUT2D eigenvalue weighted by molar-refractivity contribution is -0.385. The van der Waals surface area contributed by atoms with E-state index in [2.05, 4.69) is 15.9 Å². The van der Waals surface area contributed by atoms with Gasteiger partial charge in [0.15, 0.2) is 0 Å². The van der Waals surface area contributed by atoms with Crippen LogP contribution in [0.25, 0.3) is 0 Å². The number of nitro benzene ring substituents is 1. The molecule has 0 aliphatic heterocycles. The molecule has 0 heterocycles. The van der Waals surface area contributed by atoms with Crippen LogP contribution in [0.4, 0.5) is 10.1 Å². The lowest BCUT2D eigenvalue weighted by Gasteiger charge is -2.17. The van der Waals surface area contributed by atoms with Crippen molar-refractivity contribution in [1.82, 2.24) is 0 Å². The summed E-state index contributed by atoms with van der Waals surface area (Å²) in [6.07, 6.45) is 0. The Hall–Kier alpha value is -1.79. The highest BCUT2D eigenvalue weighted by atomic mass is 79.9. The quantitative estimate of drug-likeness (QED) is 0.684. The zero-order valence-electron chi connectivity index (χ0n) is 10.4. The van der Waals surface area contributed by atoms with Gasteiger partial charge in [-0.2, -0.15) is 0 Å². The fourth-order valence-electron chi connectivity index (χ4n) is 2.09. The molecular weight excluding hydrogens is 327 g/mol. The molecule has 0 spiro atoms. The predicted molar refractivity (Wildman–Crippen MR) is 78.1 cm³/mol. The Kier molecular flexibility index (Phi) is 4.46. The summed E-state index contributed by atoms with van der Waals surface area (Å²) in [5.74, 6) is -0.980. The van der Waals surface area contributed by atoms with Gasteiger partial charge in [-0.25, -0.2) is 4.39 Å². The van der Waals surface area contributed by atoms with Gasteiger partial charge in [-0.1, -0.05) is 30.3 Å². The highest BCUT2D eigenvalue weighted by Gasteiger charge is 2.23.